The van der Waals surface area contributed by atoms with Crippen LogP contribution in [0.3, 0.4) is 0 Å². The average Bonchev–Trinajstić information content (AvgIpc) is 2.39. The fraction of sp³-hybridized carbons (Fsp3) is 0.353. The Kier molecular flexibility index (Phi) is 6.20. The number of hydrogen-bond acceptors (Lipinski definition) is 1. The second-order valence-electron chi connectivity index (χ2n) is 4.61. The van der Waals surface area contributed by atoms with Crippen molar-refractivity contribution in [2.45, 2.75) is 39.5 Å². The molecule has 1 aromatic rings. The number of aldehydes is 1. The summed E-state index contributed by atoms with van der Waals surface area (Å²) in [4.78, 5) is 10.5. The van der Waals surface area contributed by atoms with Crippen LogP contribution in [-0.2, 0) is 4.79 Å². The topological polar surface area (TPSA) is 17.1 Å². The second kappa shape index (κ2) is 7.67. The number of benzene rings is 1. The summed E-state index contributed by atoms with van der Waals surface area (Å²) < 4.78 is 14.2. The number of halogens is 1. The normalized spacial score (nSPS) is 13.8. The molecule has 0 bridgehead atoms. The molecule has 0 aliphatic carbocycles. The van der Waals surface area contributed by atoms with Gasteiger partial charge in [-0.05, 0) is 36.5 Å². The number of rotatable bonds is 6. The Labute approximate surface area is 114 Å². The summed E-state index contributed by atoms with van der Waals surface area (Å²) in [7, 11) is 0. The zero-order valence-corrected chi connectivity index (χ0v) is 11.8. The molecule has 0 fully saturated rings. The molecule has 0 heterocycles. The van der Waals surface area contributed by atoms with Gasteiger partial charge in [-0.2, -0.15) is 0 Å². The Hall–Kier alpha value is -1.70. The average molecular weight is 260 g/mol. The van der Waals surface area contributed by atoms with Crippen molar-refractivity contribution in [1.82, 2.24) is 0 Å². The number of hydrogen-bond donors (Lipinski definition) is 0. The Morgan fingerprint density at radius 3 is 2.68 bits per heavy atom. The highest BCUT2D eigenvalue weighted by atomic mass is 19.1. The van der Waals surface area contributed by atoms with Crippen molar-refractivity contribution in [3.05, 3.63) is 53.4 Å². The number of carbonyl (C=O) groups excluding carboxylic acids is 1. The lowest BCUT2D eigenvalue weighted by Crippen LogP contribution is -1.97. The predicted molar refractivity (Wildman–Crippen MR) is 78.6 cm³/mol. The minimum atomic E-state index is -0.229. The highest BCUT2D eigenvalue weighted by molar-refractivity contribution is 5.74. The third-order valence-electron chi connectivity index (χ3n) is 3.09. The van der Waals surface area contributed by atoms with Crippen molar-refractivity contribution in [2.24, 2.45) is 0 Å². The maximum Gasteiger partial charge on any atom is 0.131 e. The van der Waals surface area contributed by atoms with Gasteiger partial charge in [-0.1, -0.05) is 44.2 Å². The number of carbonyl (C=O) groups is 1. The minimum Gasteiger partial charge on any atom is -0.303 e. The molecule has 1 atom stereocenters. The third kappa shape index (κ3) is 4.16. The van der Waals surface area contributed by atoms with Gasteiger partial charge in [0.1, 0.15) is 12.1 Å². The lowest BCUT2D eigenvalue weighted by atomic mass is 9.95. The van der Waals surface area contributed by atoms with Gasteiger partial charge in [0.05, 0.1) is 0 Å². The fourth-order valence-corrected chi connectivity index (χ4v) is 2.02. The molecule has 102 valence electrons. The molecule has 2 heteroatoms. The van der Waals surface area contributed by atoms with E-state index in [0.29, 0.717) is 12.0 Å². The monoisotopic (exact) mass is 260 g/mol. The molecule has 0 aromatic heterocycles. The summed E-state index contributed by atoms with van der Waals surface area (Å²) in [6.45, 7) is 5.88. The smallest absolute Gasteiger partial charge is 0.131 e. The van der Waals surface area contributed by atoms with Crippen LogP contribution in [0.2, 0.25) is 0 Å². The van der Waals surface area contributed by atoms with Gasteiger partial charge in [0.2, 0.25) is 0 Å². The van der Waals surface area contributed by atoms with E-state index in [1.807, 2.05) is 45.1 Å². The van der Waals surface area contributed by atoms with E-state index in [2.05, 4.69) is 0 Å². The van der Waals surface area contributed by atoms with Gasteiger partial charge in [0.25, 0.3) is 0 Å². The van der Waals surface area contributed by atoms with Crippen molar-refractivity contribution in [3.63, 3.8) is 0 Å². The van der Waals surface area contributed by atoms with Crippen LogP contribution in [0.1, 0.15) is 50.7 Å². The summed E-state index contributed by atoms with van der Waals surface area (Å²) >= 11 is 0. The molecule has 1 nitrogen and oxygen atoms in total. The van der Waals surface area contributed by atoms with Crippen molar-refractivity contribution < 1.29 is 9.18 Å². The van der Waals surface area contributed by atoms with Crippen LogP contribution in [0.4, 0.5) is 4.39 Å². The summed E-state index contributed by atoms with van der Waals surface area (Å²) in [6.07, 6.45) is 7.99. The molecular weight excluding hydrogens is 239 g/mol. The maximum atomic E-state index is 14.2. The summed E-state index contributed by atoms with van der Waals surface area (Å²) in [5.74, 6) is -0.172. The summed E-state index contributed by atoms with van der Waals surface area (Å²) in [5, 5.41) is 0. The van der Waals surface area contributed by atoms with Gasteiger partial charge in [-0.15, -0.1) is 0 Å². The quantitative estimate of drug-likeness (QED) is 0.526. The van der Waals surface area contributed by atoms with Crippen LogP contribution in [0.15, 0.2) is 36.4 Å². The van der Waals surface area contributed by atoms with Gasteiger partial charge in [0, 0.05) is 12.0 Å². The van der Waals surface area contributed by atoms with Crippen molar-refractivity contribution >= 4 is 11.9 Å². The maximum absolute atomic E-state index is 14.2. The first kappa shape index (κ1) is 15.4. The molecule has 0 aliphatic rings. The molecule has 0 saturated heterocycles. The lowest BCUT2D eigenvalue weighted by molar-refractivity contribution is -0.108. The van der Waals surface area contributed by atoms with Crippen LogP contribution in [0.5, 0.6) is 0 Å². The van der Waals surface area contributed by atoms with E-state index < -0.39 is 0 Å². The minimum absolute atomic E-state index is 0.0568. The molecule has 1 unspecified atom stereocenters. The molecule has 1 aromatic carbocycles. The predicted octanol–water partition coefficient (Wildman–Crippen LogP) is 4.89. The molecule has 1 rings (SSSR count). The largest absolute Gasteiger partial charge is 0.303 e. The zero-order chi connectivity index (χ0) is 14.3. The first-order chi connectivity index (χ1) is 9.13. The molecule has 0 amide bonds. The summed E-state index contributed by atoms with van der Waals surface area (Å²) in [6, 6.07) is 5.24. The van der Waals surface area contributed by atoms with Crippen LogP contribution >= 0.6 is 0 Å². The Morgan fingerprint density at radius 1 is 1.42 bits per heavy atom. The third-order valence-corrected chi connectivity index (χ3v) is 3.09. The first-order valence-electron chi connectivity index (χ1n) is 6.70. The Morgan fingerprint density at radius 2 is 2.16 bits per heavy atom. The first-order valence-corrected chi connectivity index (χ1v) is 6.70. The van der Waals surface area contributed by atoms with Crippen molar-refractivity contribution in [1.29, 1.82) is 0 Å². The van der Waals surface area contributed by atoms with E-state index in [0.717, 1.165) is 23.8 Å². The van der Waals surface area contributed by atoms with Crippen LogP contribution in [0, 0.1) is 5.82 Å². The molecule has 0 aliphatic heterocycles. The Bertz CT molecular complexity index is 486. The van der Waals surface area contributed by atoms with E-state index in [-0.39, 0.29) is 11.7 Å². The standard InChI is InChI=1S/C17H21FO/c1-4-6-14(7-5-2)16-9-8-15(12-17(16)18)13(3)10-11-19/h4,6-9,11-13H,5,10H2,1-3H3/b6-4-,14-7+. The van der Waals surface area contributed by atoms with E-state index in [9.17, 15) is 9.18 Å². The van der Waals surface area contributed by atoms with Gasteiger partial charge < -0.3 is 4.79 Å². The highest BCUT2D eigenvalue weighted by Crippen LogP contribution is 2.25. The van der Waals surface area contributed by atoms with Crippen LogP contribution < -0.4 is 0 Å². The molecular formula is C17H21FO. The van der Waals surface area contributed by atoms with Gasteiger partial charge in [-0.3, -0.25) is 0 Å². The number of allylic oxidation sites excluding steroid dienone is 4. The molecule has 19 heavy (non-hydrogen) atoms. The van der Waals surface area contributed by atoms with E-state index in [1.165, 1.54) is 6.07 Å². The molecule has 0 N–H and O–H groups in total. The van der Waals surface area contributed by atoms with Crippen LogP contribution in [0.25, 0.3) is 5.57 Å². The fourth-order valence-electron chi connectivity index (χ4n) is 2.02. The van der Waals surface area contributed by atoms with E-state index in [4.69, 9.17) is 0 Å². The highest BCUT2D eigenvalue weighted by Gasteiger charge is 2.10. The van der Waals surface area contributed by atoms with Crippen molar-refractivity contribution in [3.8, 4) is 0 Å². The van der Waals surface area contributed by atoms with E-state index in [1.54, 1.807) is 6.07 Å². The summed E-state index contributed by atoms with van der Waals surface area (Å²) in [5.41, 5.74) is 2.38. The zero-order valence-electron chi connectivity index (χ0n) is 11.8. The van der Waals surface area contributed by atoms with Gasteiger partial charge >= 0.3 is 0 Å². The SMILES string of the molecule is C/C=C\C(=C/CC)c1ccc(C(C)CC=O)cc1F. The van der Waals surface area contributed by atoms with Gasteiger partial charge in [0.15, 0.2) is 0 Å². The van der Waals surface area contributed by atoms with E-state index >= 15 is 0 Å². The van der Waals surface area contributed by atoms with Crippen molar-refractivity contribution in [2.75, 3.05) is 0 Å². The van der Waals surface area contributed by atoms with Crippen LogP contribution in [-0.4, -0.2) is 6.29 Å². The lowest BCUT2D eigenvalue weighted by Gasteiger charge is -2.11. The second-order valence-corrected chi connectivity index (χ2v) is 4.61. The molecule has 0 saturated carbocycles. The molecule has 0 spiro atoms. The van der Waals surface area contributed by atoms with Gasteiger partial charge in [-0.25, -0.2) is 4.39 Å². The Balaban J connectivity index is 3.12. The molecule has 0 radical (unpaired) electrons.